The molecule has 1 aliphatic rings. The number of ether oxygens (including phenoxy) is 1. The molecule has 5 heteroatoms. The molecule has 0 atom stereocenters. The maximum absolute atomic E-state index is 12.0. The van der Waals surface area contributed by atoms with Gasteiger partial charge in [0.2, 0.25) is 0 Å². The second-order valence-electron chi connectivity index (χ2n) is 4.83. The van der Waals surface area contributed by atoms with Gasteiger partial charge in [-0.3, -0.25) is 4.79 Å². The molecule has 1 aliphatic heterocycles. The fourth-order valence-corrected chi connectivity index (χ4v) is 2.68. The SMILES string of the molecule is Cc1ccc(OCC(=O)N2CCC(O)CC2)c(Br)c1. The molecule has 19 heavy (non-hydrogen) atoms. The maximum Gasteiger partial charge on any atom is 0.260 e. The van der Waals surface area contributed by atoms with Crippen molar-refractivity contribution in [3.63, 3.8) is 0 Å². The van der Waals surface area contributed by atoms with Crippen LogP contribution in [0.3, 0.4) is 0 Å². The molecule has 4 nitrogen and oxygen atoms in total. The Kier molecular flexibility index (Phi) is 4.82. The molecule has 1 aromatic rings. The zero-order valence-corrected chi connectivity index (χ0v) is 12.5. The summed E-state index contributed by atoms with van der Waals surface area (Å²) >= 11 is 3.42. The summed E-state index contributed by atoms with van der Waals surface area (Å²) in [5.74, 6) is 0.648. The van der Waals surface area contributed by atoms with Gasteiger partial charge in [-0.15, -0.1) is 0 Å². The number of carbonyl (C=O) groups excluding carboxylic acids is 1. The number of aliphatic hydroxyl groups is 1. The summed E-state index contributed by atoms with van der Waals surface area (Å²) in [7, 11) is 0. The van der Waals surface area contributed by atoms with E-state index in [1.807, 2.05) is 25.1 Å². The summed E-state index contributed by atoms with van der Waals surface area (Å²) in [6.45, 7) is 3.26. The Bertz CT molecular complexity index is 456. The number of hydrogen-bond acceptors (Lipinski definition) is 3. The highest BCUT2D eigenvalue weighted by Gasteiger charge is 2.21. The monoisotopic (exact) mass is 327 g/mol. The van der Waals surface area contributed by atoms with Gasteiger partial charge in [0.1, 0.15) is 5.75 Å². The Balaban J connectivity index is 1.86. The fraction of sp³-hybridized carbons (Fsp3) is 0.500. The van der Waals surface area contributed by atoms with Crippen LogP contribution in [0.1, 0.15) is 18.4 Å². The van der Waals surface area contributed by atoms with Gasteiger partial charge in [0.25, 0.3) is 5.91 Å². The van der Waals surface area contributed by atoms with Crippen molar-refractivity contribution >= 4 is 21.8 Å². The van der Waals surface area contributed by atoms with E-state index in [2.05, 4.69) is 15.9 Å². The van der Waals surface area contributed by atoms with E-state index in [1.54, 1.807) is 4.90 Å². The van der Waals surface area contributed by atoms with Crippen LogP contribution in [0.15, 0.2) is 22.7 Å². The largest absolute Gasteiger partial charge is 0.483 e. The standard InChI is InChI=1S/C14H18BrNO3/c1-10-2-3-13(12(15)8-10)19-9-14(18)16-6-4-11(17)5-7-16/h2-3,8,11,17H,4-7,9H2,1H3. The van der Waals surface area contributed by atoms with Crippen molar-refractivity contribution in [2.24, 2.45) is 0 Å². The minimum absolute atomic E-state index is 0.0284. The predicted octanol–water partition coefficient (Wildman–Crippen LogP) is 2.12. The molecule has 1 amide bonds. The minimum Gasteiger partial charge on any atom is -0.483 e. The Hall–Kier alpha value is -1.07. The molecule has 0 unspecified atom stereocenters. The van der Waals surface area contributed by atoms with Crippen LogP contribution in [0.5, 0.6) is 5.75 Å². The quantitative estimate of drug-likeness (QED) is 0.925. The van der Waals surface area contributed by atoms with Gasteiger partial charge in [-0.1, -0.05) is 6.07 Å². The number of hydrogen-bond donors (Lipinski definition) is 1. The third-order valence-corrected chi connectivity index (χ3v) is 3.88. The highest BCUT2D eigenvalue weighted by molar-refractivity contribution is 9.10. The third kappa shape index (κ3) is 3.94. The maximum atomic E-state index is 12.0. The molecule has 0 aromatic heterocycles. The Morgan fingerprint density at radius 3 is 2.79 bits per heavy atom. The summed E-state index contributed by atoms with van der Waals surface area (Å²) in [6, 6.07) is 5.76. The number of rotatable bonds is 3. The van der Waals surface area contributed by atoms with Crippen molar-refractivity contribution in [2.45, 2.75) is 25.9 Å². The number of aliphatic hydroxyl groups excluding tert-OH is 1. The highest BCUT2D eigenvalue weighted by atomic mass is 79.9. The van der Waals surface area contributed by atoms with Crippen LogP contribution in [0, 0.1) is 6.92 Å². The Morgan fingerprint density at radius 1 is 1.47 bits per heavy atom. The van der Waals surface area contributed by atoms with Crippen molar-refractivity contribution < 1.29 is 14.6 Å². The zero-order valence-electron chi connectivity index (χ0n) is 10.9. The van der Waals surface area contributed by atoms with Crippen LogP contribution < -0.4 is 4.74 Å². The van der Waals surface area contributed by atoms with Crippen molar-refractivity contribution in [3.8, 4) is 5.75 Å². The molecule has 0 spiro atoms. The summed E-state index contributed by atoms with van der Waals surface area (Å²) in [6.07, 6.45) is 1.04. The van der Waals surface area contributed by atoms with Gasteiger partial charge in [0.05, 0.1) is 10.6 Å². The van der Waals surface area contributed by atoms with Crippen LogP contribution >= 0.6 is 15.9 Å². The predicted molar refractivity (Wildman–Crippen MR) is 76.2 cm³/mol. The van der Waals surface area contributed by atoms with Crippen molar-refractivity contribution in [1.29, 1.82) is 0 Å². The van der Waals surface area contributed by atoms with E-state index >= 15 is 0 Å². The number of piperidine rings is 1. The van der Waals surface area contributed by atoms with Gasteiger partial charge in [0.15, 0.2) is 6.61 Å². The second-order valence-corrected chi connectivity index (χ2v) is 5.69. The molecule has 2 rings (SSSR count). The van der Waals surface area contributed by atoms with Crippen molar-refractivity contribution in [2.75, 3.05) is 19.7 Å². The first-order chi connectivity index (χ1) is 9.06. The van der Waals surface area contributed by atoms with E-state index in [4.69, 9.17) is 4.74 Å². The van der Waals surface area contributed by atoms with E-state index < -0.39 is 0 Å². The molecule has 0 aliphatic carbocycles. The number of likely N-dealkylation sites (tertiary alicyclic amines) is 1. The number of aryl methyl sites for hydroxylation is 1. The van der Waals surface area contributed by atoms with Crippen LogP contribution in [-0.2, 0) is 4.79 Å². The third-order valence-electron chi connectivity index (χ3n) is 3.26. The number of carbonyl (C=O) groups is 1. The van der Waals surface area contributed by atoms with Gasteiger partial charge >= 0.3 is 0 Å². The van der Waals surface area contributed by atoms with Gasteiger partial charge in [-0.25, -0.2) is 0 Å². The second kappa shape index (κ2) is 6.39. The molecule has 1 heterocycles. The van der Waals surface area contributed by atoms with Crippen LogP contribution in [0.2, 0.25) is 0 Å². The van der Waals surface area contributed by atoms with E-state index in [0.717, 1.165) is 10.0 Å². The molecular formula is C14H18BrNO3. The molecule has 0 saturated carbocycles. The van der Waals surface area contributed by atoms with E-state index in [1.165, 1.54) is 0 Å². The number of benzene rings is 1. The molecule has 0 radical (unpaired) electrons. The fourth-order valence-electron chi connectivity index (χ4n) is 2.07. The molecule has 0 bridgehead atoms. The number of nitrogens with zero attached hydrogens (tertiary/aromatic N) is 1. The first-order valence-electron chi connectivity index (χ1n) is 6.41. The van der Waals surface area contributed by atoms with Crippen molar-refractivity contribution in [1.82, 2.24) is 4.90 Å². The highest BCUT2D eigenvalue weighted by Crippen LogP contribution is 2.25. The van der Waals surface area contributed by atoms with Crippen molar-refractivity contribution in [3.05, 3.63) is 28.2 Å². The average Bonchev–Trinajstić information content (AvgIpc) is 2.38. The molecule has 1 N–H and O–H groups in total. The molecule has 104 valence electrons. The lowest BCUT2D eigenvalue weighted by Crippen LogP contribution is -2.42. The summed E-state index contributed by atoms with van der Waals surface area (Å²) in [5, 5.41) is 9.40. The number of amides is 1. The minimum atomic E-state index is -0.267. The van der Waals surface area contributed by atoms with Gasteiger partial charge < -0.3 is 14.7 Å². The van der Waals surface area contributed by atoms with Gasteiger partial charge in [0, 0.05) is 13.1 Å². The molecular weight excluding hydrogens is 310 g/mol. The number of halogens is 1. The summed E-state index contributed by atoms with van der Waals surface area (Å²) in [5.41, 5.74) is 1.13. The van der Waals surface area contributed by atoms with E-state index in [-0.39, 0.29) is 18.6 Å². The smallest absolute Gasteiger partial charge is 0.260 e. The topological polar surface area (TPSA) is 49.8 Å². The normalized spacial score (nSPS) is 16.5. The molecule has 1 aromatic carbocycles. The Labute approximate surface area is 121 Å². The van der Waals surface area contributed by atoms with Crippen LogP contribution in [0.4, 0.5) is 0 Å². The molecule has 1 saturated heterocycles. The lowest BCUT2D eigenvalue weighted by atomic mass is 10.1. The average molecular weight is 328 g/mol. The summed E-state index contributed by atoms with van der Waals surface area (Å²) < 4.78 is 6.39. The van der Waals surface area contributed by atoms with Gasteiger partial charge in [-0.2, -0.15) is 0 Å². The van der Waals surface area contributed by atoms with E-state index in [0.29, 0.717) is 31.7 Å². The first kappa shape index (κ1) is 14.3. The lowest BCUT2D eigenvalue weighted by Gasteiger charge is -2.29. The lowest BCUT2D eigenvalue weighted by molar-refractivity contribution is -0.135. The zero-order chi connectivity index (χ0) is 13.8. The van der Waals surface area contributed by atoms with Gasteiger partial charge in [-0.05, 0) is 53.4 Å². The van der Waals surface area contributed by atoms with Crippen LogP contribution in [-0.4, -0.2) is 41.7 Å². The van der Waals surface area contributed by atoms with Crippen LogP contribution in [0.25, 0.3) is 0 Å². The Morgan fingerprint density at radius 2 is 2.16 bits per heavy atom. The first-order valence-corrected chi connectivity index (χ1v) is 7.20. The molecule has 1 fully saturated rings. The van der Waals surface area contributed by atoms with E-state index in [9.17, 15) is 9.90 Å². The summed E-state index contributed by atoms with van der Waals surface area (Å²) in [4.78, 5) is 13.7.